The molecule has 0 aliphatic carbocycles. The Labute approximate surface area is 162 Å². The van der Waals surface area contributed by atoms with Crippen LogP contribution in [0.25, 0.3) is 0 Å². The molecule has 2 N–H and O–H groups in total. The molecular formula is C19H21N7O2. The Hall–Kier alpha value is -3.54. The van der Waals surface area contributed by atoms with Gasteiger partial charge >= 0.3 is 0 Å². The molecule has 2 amide bonds. The van der Waals surface area contributed by atoms with Crippen LogP contribution in [0, 0.1) is 22.7 Å². The monoisotopic (exact) mass is 379 g/mol. The van der Waals surface area contributed by atoms with Crippen LogP contribution in [0.15, 0.2) is 30.6 Å². The van der Waals surface area contributed by atoms with Crippen LogP contribution in [0.3, 0.4) is 0 Å². The number of amides is 2. The Bertz CT molecular complexity index is 936. The van der Waals surface area contributed by atoms with Gasteiger partial charge in [-0.2, -0.15) is 10.2 Å². The van der Waals surface area contributed by atoms with Crippen molar-refractivity contribution in [2.75, 3.05) is 23.8 Å². The Morgan fingerprint density at radius 3 is 2.68 bits per heavy atom. The first-order valence-electron chi connectivity index (χ1n) is 8.92. The lowest BCUT2D eigenvalue weighted by Gasteiger charge is -2.24. The van der Waals surface area contributed by atoms with Gasteiger partial charge in [0.1, 0.15) is 16.9 Å². The Kier molecular flexibility index (Phi) is 5.22. The third-order valence-electron chi connectivity index (χ3n) is 4.94. The van der Waals surface area contributed by atoms with E-state index in [1.807, 2.05) is 13.8 Å². The molecule has 0 bridgehead atoms. The molecule has 1 aliphatic rings. The van der Waals surface area contributed by atoms with Gasteiger partial charge in [0.25, 0.3) is 5.91 Å². The van der Waals surface area contributed by atoms with E-state index < -0.39 is 5.41 Å². The SMILES string of the molecule is CNC(=O)c1ccc(Nc2nccc(N3CC[C@@](C#N)(C(C)C)C3=O)n2)cn1. The smallest absolute Gasteiger partial charge is 0.269 e. The highest BCUT2D eigenvalue weighted by Crippen LogP contribution is 2.40. The standard InChI is InChI=1S/C19H21N7O2/c1-12(2)19(11-20)7-9-26(17(19)28)15-6-8-22-18(25-15)24-13-4-5-14(23-10-13)16(27)21-3/h4-6,8,10,12H,7,9H2,1-3H3,(H,21,27)(H,22,24,25)/t19-/m1/s1. The van der Waals surface area contributed by atoms with E-state index in [1.165, 1.54) is 18.1 Å². The lowest BCUT2D eigenvalue weighted by molar-refractivity contribution is -0.124. The Morgan fingerprint density at radius 2 is 2.11 bits per heavy atom. The van der Waals surface area contributed by atoms with Crippen LogP contribution in [-0.2, 0) is 4.79 Å². The van der Waals surface area contributed by atoms with Gasteiger partial charge in [-0.15, -0.1) is 0 Å². The van der Waals surface area contributed by atoms with Gasteiger partial charge in [-0.25, -0.2) is 9.97 Å². The molecule has 0 aromatic carbocycles. The fraction of sp³-hybridized carbons (Fsp3) is 0.368. The van der Waals surface area contributed by atoms with Crippen molar-refractivity contribution in [2.45, 2.75) is 20.3 Å². The second kappa shape index (κ2) is 7.60. The molecule has 1 aliphatic heterocycles. The molecule has 2 aromatic heterocycles. The first-order chi connectivity index (χ1) is 13.4. The summed E-state index contributed by atoms with van der Waals surface area (Å²) in [5, 5.41) is 15.1. The van der Waals surface area contributed by atoms with E-state index in [1.54, 1.807) is 24.4 Å². The van der Waals surface area contributed by atoms with E-state index in [0.717, 1.165) is 0 Å². The van der Waals surface area contributed by atoms with Crippen molar-refractivity contribution in [3.8, 4) is 6.07 Å². The average molecular weight is 379 g/mol. The molecule has 3 rings (SSSR count). The van der Waals surface area contributed by atoms with Gasteiger partial charge in [0, 0.05) is 19.8 Å². The van der Waals surface area contributed by atoms with Crippen LogP contribution >= 0.6 is 0 Å². The van der Waals surface area contributed by atoms with Gasteiger partial charge in [-0.05, 0) is 30.5 Å². The van der Waals surface area contributed by atoms with Crippen molar-refractivity contribution in [1.82, 2.24) is 20.3 Å². The van der Waals surface area contributed by atoms with Gasteiger partial charge in [-0.3, -0.25) is 14.5 Å². The maximum Gasteiger partial charge on any atom is 0.269 e. The van der Waals surface area contributed by atoms with Crippen LogP contribution in [-0.4, -0.2) is 40.4 Å². The number of carbonyl (C=O) groups excluding carboxylic acids is 2. The molecule has 2 aromatic rings. The number of pyridine rings is 1. The van der Waals surface area contributed by atoms with Gasteiger partial charge in [0.2, 0.25) is 11.9 Å². The summed E-state index contributed by atoms with van der Waals surface area (Å²) in [7, 11) is 1.54. The summed E-state index contributed by atoms with van der Waals surface area (Å²) in [6.45, 7) is 4.20. The summed E-state index contributed by atoms with van der Waals surface area (Å²) in [5.74, 6) is 0.142. The zero-order valence-electron chi connectivity index (χ0n) is 15.9. The van der Waals surface area contributed by atoms with Crippen LogP contribution in [0.2, 0.25) is 0 Å². The van der Waals surface area contributed by atoms with Crippen LogP contribution in [0.5, 0.6) is 0 Å². The minimum atomic E-state index is -1.02. The normalized spacial score (nSPS) is 18.8. The highest BCUT2D eigenvalue weighted by molar-refractivity contribution is 6.01. The predicted octanol–water partition coefficient (Wildman–Crippen LogP) is 1.88. The summed E-state index contributed by atoms with van der Waals surface area (Å²) < 4.78 is 0. The third-order valence-corrected chi connectivity index (χ3v) is 4.94. The second-order valence-electron chi connectivity index (χ2n) is 6.82. The number of anilines is 3. The number of hydrogen-bond acceptors (Lipinski definition) is 7. The highest BCUT2D eigenvalue weighted by Gasteiger charge is 2.50. The van der Waals surface area contributed by atoms with Crippen LogP contribution < -0.4 is 15.5 Å². The second-order valence-corrected chi connectivity index (χ2v) is 6.82. The van der Waals surface area contributed by atoms with E-state index in [-0.39, 0.29) is 17.7 Å². The Morgan fingerprint density at radius 1 is 1.32 bits per heavy atom. The van der Waals surface area contributed by atoms with E-state index >= 15 is 0 Å². The summed E-state index contributed by atoms with van der Waals surface area (Å²) in [4.78, 5) is 38.6. The minimum absolute atomic E-state index is 0.0839. The quantitative estimate of drug-likeness (QED) is 0.813. The van der Waals surface area contributed by atoms with E-state index in [0.29, 0.717) is 36.1 Å². The largest absolute Gasteiger partial charge is 0.354 e. The zero-order chi connectivity index (χ0) is 20.3. The number of aromatic nitrogens is 3. The van der Waals surface area contributed by atoms with E-state index in [2.05, 4.69) is 31.7 Å². The van der Waals surface area contributed by atoms with Gasteiger partial charge in [0.05, 0.1) is 18.0 Å². The first-order valence-corrected chi connectivity index (χ1v) is 8.92. The summed E-state index contributed by atoms with van der Waals surface area (Å²) in [6, 6.07) is 7.12. The van der Waals surface area contributed by atoms with Crippen LogP contribution in [0.4, 0.5) is 17.5 Å². The molecule has 9 nitrogen and oxygen atoms in total. The van der Waals surface area contributed by atoms with Crippen molar-refractivity contribution in [3.05, 3.63) is 36.3 Å². The van der Waals surface area contributed by atoms with Crippen molar-refractivity contribution in [2.24, 2.45) is 11.3 Å². The van der Waals surface area contributed by atoms with Crippen molar-refractivity contribution < 1.29 is 9.59 Å². The topological polar surface area (TPSA) is 124 Å². The number of hydrogen-bond donors (Lipinski definition) is 2. The average Bonchev–Trinajstić information content (AvgIpc) is 3.05. The lowest BCUT2D eigenvalue weighted by atomic mass is 9.77. The fourth-order valence-corrected chi connectivity index (χ4v) is 3.14. The van der Waals surface area contributed by atoms with Crippen molar-refractivity contribution >= 4 is 29.3 Å². The first kappa shape index (κ1) is 19.2. The van der Waals surface area contributed by atoms with Gasteiger partial charge < -0.3 is 10.6 Å². The predicted molar refractivity (Wildman–Crippen MR) is 103 cm³/mol. The molecule has 28 heavy (non-hydrogen) atoms. The number of carbonyl (C=O) groups is 2. The molecule has 9 heteroatoms. The molecule has 144 valence electrons. The fourth-order valence-electron chi connectivity index (χ4n) is 3.14. The maximum atomic E-state index is 12.9. The minimum Gasteiger partial charge on any atom is -0.354 e. The summed E-state index contributed by atoms with van der Waals surface area (Å²) in [6.07, 6.45) is 3.52. The number of nitriles is 1. The van der Waals surface area contributed by atoms with Gasteiger partial charge in [0.15, 0.2) is 0 Å². The number of rotatable bonds is 5. The van der Waals surface area contributed by atoms with Crippen molar-refractivity contribution in [3.63, 3.8) is 0 Å². The molecule has 1 fully saturated rings. The van der Waals surface area contributed by atoms with Gasteiger partial charge in [-0.1, -0.05) is 13.8 Å². The van der Waals surface area contributed by atoms with E-state index in [9.17, 15) is 14.9 Å². The van der Waals surface area contributed by atoms with Crippen molar-refractivity contribution in [1.29, 1.82) is 5.26 Å². The summed E-state index contributed by atoms with van der Waals surface area (Å²) in [5.41, 5.74) is -0.115. The van der Waals surface area contributed by atoms with Crippen LogP contribution in [0.1, 0.15) is 30.8 Å². The number of nitrogens with one attached hydrogen (secondary N) is 2. The molecular weight excluding hydrogens is 358 g/mol. The molecule has 0 saturated carbocycles. The molecule has 0 spiro atoms. The molecule has 1 atom stereocenters. The maximum absolute atomic E-state index is 12.9. The third kappa shape index (κ3) is 3.36. The molecule has 0 unspecified atom stereocenters. The molecule has 1 saturated heterocycles. The Balaban J connectivity index is 1.79. The summed E-state index contributed by atoms with van der Waals surface area (Å²) >= 11 is 0. The molecule has 0 radical (unpaired) electrons. The molecule has 3 heterocycles. The highest BCUT2D eigenvalue weighted by atomic mass is 16.2. The number of nitrogens with zero attached hydrogens (tertiary/aromatic N) is 5. The zero-order valence-corrected chi connectivity index (χ0v) is 15.9. The lowest BCUT2D eigenvalue weighted by Crippen LogP contribution is -2.37. The van der Waals surface area contributed by atoms with E-state index in [4.69, 9.17) is 0 Å².